The van der Waals surface area contributed by atoms with Gasteiger partial charge in [0.2, 0.25) is 0 Å². The summed E-state index contributed by atoms with van der Waals surface area (Å²) in [7, 11) is 1.68. The maximum absolute atomic E-state index is 12.4. The molecule has 1 aliphatic carbocycles. The largest absolute Gasteiger partial charge is 0.497 e. The van der Waals surface area contributed by atoms with Crippen molar-refractivity contribution in [1.82, 2.24) is 9.88 Å². The van der Waals surface area contributed by atoms with E-state index in [1.807, 2.05) is 12.1 Å². The number of piperazine rings is 1. The number of pyridine rings is 1. The fraction of sp³-hybridized carbons (Fsp3) is 0.714. The normalized spacial score (nSPS) is 25.6. The third kappa shape index (κ3) is 4.05. The summed E-state index contributed by atoms with van der Waals surface area (Å²) in [5.41, 5.74) is -0.139. The SMILES string of the molecule is COc1ccnc(N2CCN(CCC3CC4(CCCCC4)C(=O)O3)CC2)c1. The average Bonchev–Trinajstić information content (AvgIpc) is 3.02. The van der Waals surface area contributed by atoms with E-state index >= 15 is 0 Å². The summed E-state index contributed by atoms with van der Waals surface area (Å²) in [5, 5.41) is 0. The van der Waals surface area contributed by atoms with Gasteiger partial charge < -0.3 is 14.4 Å². The standard InChI is InChI=1S/C21H31N3O3/c1-26-17-5-9-22-19(15-17)24-13-11-23(12-14-24)10-6-18-16-21(20(25)27-18)7-3-2-4-8-21/h5,9,15,18H,2-4,6-8,10-14,16H2,1H3. The molecule has 1 atom stereocenters. The van der Waals surface area contributed by atoms with Crippen LogP contribution in [0, 0.1) is 5.41 Å². The van der Waals surface area contributed by atoms with Crippen molar-refractivity contribution in [3.05, 3.63) is 18.3 Å². The lowest BCUT2D eigenvalue weighted by Gasteiger charge is -2.35. The van der Waals surface area contributed by atoms with Gasteiger partial charge in [-0.25, -0.2) is 4.98 Å². The van der Waals surface area contributed by atoms with Crippen molar-refractivity contribution < 1.29 is 14.3 Å². The molecule has 1 saturated carbocycles. The predicted octanol–water partition coefficient (Wildman–Crippen LogP) is 2.87. The van der Waals surface area contributed by atoms with Crippen molar-refractivity contribution in [1.29, 1.82) is 0 Å². The second kappa shape index (κ2) is 8.05. The number of carbonyl (C=O) groups is 1. The van der Waals surface area contributed by atoms with Crippen LogP contribution in [0.1, 0.15) is 44.9 Å². The summed E-state index contributed by atoms with van der Waals surface area (Å²) >= 11 is 0. The summed E-state index contributed by atoms with van der Waals surface area (Å²) < 4.78 is 11.1. The molecular weight excluding hydrogens is 342 g/mol. The van der Waals surface area contributed by atoms with Crippen LogP contribution in [0.2, 0.25) is 0 Å². The smallest absolute Gasteiger partial charge is 0.312 e. The number of cyclic esters (lactones) is 1. The maximum atomic E-state index is 12.4. The van der Waals surface area contributed by atoms with E-state index in [4.69, 9.17) is 9.47 Å². The van der Waals surface area contributed by atoms with Gasteiger partial charge in [-0.2, -0.15) is 0 Å². The Kier molecular flexibility index (Phi) is 5.53. The van der Waals surface area contributed by atoms with E-state index in [1.165, 1.54) is 19.3 Å². The van der Waals surface area contributed by atoms with Gasteiger partial charge in [-0.05, 0) is 25.3 Å². The minimum Gasteiger partial charge on any atom is -0.497 e. The Morgan fingerprint density at radius 2 is 2.00 bits per heavy atom. The topological polar surface area (TPSA) is 54.9 Å². The van der Waals surface area contributed by atoms with Crippen LogP contribution < -0.4 is 9.64 Å². The van der Waals surface area contributed by atoms with E-state index in [0.717, 1.165) is 70.0 Å². The number of methoxy groups -OCH3 is 1. The van der Waals surface area contributed by atoms with Gasteiger partial charge in [0.15, 0.2) is 0 Å². The maximum Gasteiger partial charge on any atom is 0.312 e. The van der Waals surface area contributed by atoms with Crippen molar-refractivity contribution in [2.45, 2.75) is 51.0 Å². The number of rotatable bonds is 5. The minimum absolute atomic E-state index is 0.0844. The van der Waals surface area contributed by atoms with Crippen molar-refractivity contribution >= 4 is 11.8 Å². The molecule has 1 aromatic heterocycles. The summed E-state index contributed by atoms with van der Waals surface area (Å²) in [6.45, 7) is 4.98. The van der Waals surface area contributed by atoms with E-state index in [9.17, 15) is 4.79 Å². The second-order valence-electron chi connectivity index (χ2n) is 8.24. The molecule has 1 unspecified atom stereocenters. The van der Waals surface area contributed by atoms with E-state index in [1.54, 1.807) is 13.3 Å². The zero-order valence-electron chi connectivity index (χ0n) is 16.4. The van der Waals surface area contributed by atoms with Crippen molar-refractivity contribution in [2.24, 2.45) is 5.41 Å². The number of hydrogen-bond acceptors (Lipinski definition) is 6. The van der Waals surface area contributed by atoms with Crippen LogP contribution in [0.3, 0.4) is 0 Å². The number of carbonyl (C=O) groups excluding carboxylic acids is 1. The van der Waals surface area contributed by atoms with Crippen LogP contribution in [-0.4, -0.2) is 61.8 Å². The third-order valence-electron chi connectivity index (χ3n) is 6.55. The van der Waals surface area contributed by atoms with Gasteiger partial charge in [-0.1, -0.05) is 19.3 Å². The average molecular weight is 373 g/mol. The fourth-order valence-electron chi connectivity index (χ4n) is 4.86. The lowest BCUT2D eigenvalue weighted by Crippen LogP contribution is -2.47. The van der Waals surface area contributed by atoms with Crippen LogP contribution in [-0.2, 0) is 9.53 Å². The molecule has 6 heteroatoms. The molecule has 3 fully saturated rings. The highest BCUT2D eigenvalue weighted by atomic mass is 16.6. The molecule has 27 heavy (non-hydrogen) atoms. The van der Waals surface area contributed by atoms with Crippen molar-refractivity contribution in [3.8, 4) is 5.75 Å². The van der Waals surface area contributed by atoms with E-state index in [2.05, 4.69) is 14.8 Å². The van der Waals surface area contributed by atoms with Crippen LogP contribution in [0.15, 0.2) is 18.3 Å². The number of anilines is 1. The molecule has 0 radical (unpaired) electrons. The molecule has 4 rings (SSSR count). The number of hydrogen-bond donors (Lipinski definition) is 0. The van der Waals surface area contributed by atoms with Gasteiger partial charge in [0.1, 0.15) is 17.7 Å². The van der Waals surface area contributed by atoms with E-state index in [-0.39, 0.29) is 17.5 Å². The molecule has 0 bridgehead atoms. The summed E-state index contributed by atoms with van der Waals surface area (Å²) in [6.07, 6.45) is 9.54. The van der Waals surface area contributed by atoms with Gasteiger partial charge in [0.25, 0.3) is 0 Å². The van der Waals surface area contributed by atoms with Crippen LogP contribution >= 0.6 is 0 Å². The van der Waals surface area contributed by atoms with Gasteiger partial charge >= 0.3 is 5.97 Å². The first-order chi connectivity index (χ1) is 13.2. The Hall–Kier alpha value is -1.82. The number of nitrogens with zero attached hydrogens (tertiary/aromatic N) is 3. The molecule has 0 aromatic carbocycles. The first-order valence-corrected chi connectivity index (χ1v) is 10.4. The van der Waals surface area contributed by atoms with Crippen molar-refractivity contribution in [2.75, 3.05) is 44.7 Å². The minimum atomic E-state index is -0.139. The van der Waals surface area contributed by atoms with E-state index in [0.29, 0.717) is 0 Å². The zero-order chi connectivity index (χ0) is 18.7. The molecule has 6 nitrogen and oxygen atoms in total. The molecule has 0 amide bonds. The Labute approximate surface area is 161 Å². The highest BCUT2D eigenvalue weighted by molar-refractivity contribution is 5.79. The van der Waals surface area contributed by atoms with Crippen LogP contribution in [0.25, 0.3) is 0 Å². The molecule has 2 saturated heterocycles. The number of esters is 1. The van der Waals surface area contributed by atoms with Gasteiger partial charge in [0, 0.05) is 51.4 Å². The van der Waals surface area contributed by atoms with Gasteiger partial charge in [0.05, 0.1) is 12.5 Å². The summed E-state index contributed by atoms with van der Waals surface area (Å²) in [4.78, 5) is 21.7. The number of aromatic nitrogens is 1. The van der Waals surface area contributed by atoms with E-state index < -0.39 is 0 Å². The summed E-state index contributed by atoms with van der Waals surface area (Å²) in [5.74, 6) is 1.92. The van der Waals surface area contributed by atoms with Crippen LogP contribution in [0.5, 0.6) is 5.75 Å². The number of ether oxygens (including phenoxy) is 2. The van der Waals surface area contributed by atoms with Gasteiger partial charge in [-0.15, -0.1) is 0 Å². The molecule has 2 aliphatic heterocycles. The lowest BCUT2D eigenvalue weighted by atomic mass is 9.72. The first kappa shape index (κ1) is 18.5. The second-order valence-corrected chi connectivity index (χ2v) is 8.24. The summed E-state index contributed by atoms with van der Waals surface area (Å²) in [6, 6.07) is 3.87. The molecular formula is C21H31N3O3. The van der Waals surface area contributed by atoms with Gasteiger partial charge in [-0.3, -0.25) is 9.69 Å². The quantitative estimate of drug-likeness (QED) is 0.740. The lowest BCUT2D eigenvalue weighted by molar-refractivity contribution is -0.150. The Bertz CT molecular complexity index is 652. The molecule has 0 N–H and O–H groups in total. The molecule has 1 spiro atoms. The molecule has 148 valence electrons. The fourth-order valence-corrected chi connectivity index (χ4v) is 4.86. The molecule has 3 aliphatic rings. The highest BCUT2D eigenvalue weighted by Gasteiger charge is 2.48. The zero-order valence-corrected chi connectivity index (χ0v) is 16.4. The molecule has 1 aromatic rings. The first-order valence-electron chi connectivity index (χ1n) is 10.4. The Balaban J connectivity index is 1.23. The highest BCUT2D eigenvalue weighted by Crippen LogP contribution is 2.46. The third-order valence-corrected chi connectivity index (χ3v) is 6.55. The Morgan fingerprint density at radius 1 is 1.22 bits per heavy atom. The molecule has 3 heterocycles. The Morgan fingerprint density at radius 3 is 2.74 bits per heavy atom. The monoisotopic (exact) mass is 373 g/mol. The van der Waals surface area contributed by atoms with Crippen molar-refractivity contribution in [3.63, 3.8) is 0 Å². The van der Waals surface area contributed by atoms with Crippen LogP contribution in [0.4, 0.5) is 5.82 Å². The predicted molar refractivity (Wildman–Crippen MR) is 104 cm³/mol.